The molecule has 1 N–H and O–H groups in total. The Morgan fingerprint density at radius 1 is 1.00 bits per heavy atom. The lowest BCUT2D eigenvalue weighted by Crippen LogP contribution is -2.15. The van der Waals surface area contributed by atoms with Gasteiger partial charge in [-0.1, -0.05) is 12.1 Å². The largest absolute Gasteiger partial charge is 0.493 e. The van der Waals surface area contributed by atoms with Gasteiger partial charge in [0.05, 0.1) is 19.6 Å². The van der Waals surface area contributed by atoms with Crippen LogP contribution in [0.15, 0.2) is 51.7 Å². The lowest BCUT2D eigenvalue weighted by atomic mass is 10.1. The van der Waals surface area contributed by atoms with Crippen LogP contribution in [-0.2, 0) is 10.4 Å². The van der Waals surface area contributed by atoms with E-state index in [1.54, 1.807) is 24.3 Å². The molecule has 0 spiro atoms. The molecule has 1 heterocycles. The van der Waals surface area contributed by atoms with Crippen LogP contribution in [0.3, 0.4) is 0 Å². The lowest BCUT2D eigenvalue weighted by Gasteiger charge is -2.12. The number of hydrogen-bond donors (Lipinski definition) is 1. The Morgan fingerprint density at radius 2 is 1.69 bits per heavy atom. The second-order valence-corrected chi connectivity index (χ2v) is 6.19. The van der Waals surface area contributed by atoms with Gasteiger partial charge in [0.25, 0.3) is 0 Å². The molecule has 0 saturated heterocycles. The molecule has 9 heteroatoms. The maximum atomic E-state index is 12.7. The van der Waals surface area contributed by atoms with E-state index in [0.717, 1.165) is 0 Å². The van der Waals surface area contributed by atoms with Crippen molar-refractivity contribution in [3.05, 3.63) is 52.7 Å². The molecule has 1 aromatic heterocycles. The van der Waals surface area contributed by atoms with Crippen molar-refractivity contribution in [3.8, 4) is 28.6 Å². The fourth-order valence-electron chi connectivity index (χ4n) is 2.47. The van der Waals surface area contributed by atoms with Gasteiger partial charge in [-0.05, 0) is 30.3 Å². The van der Waals surface area contributed by atoms with Crippen molar-refractivity contribution in [2.24, 2.45) is 0 Å². The number of hydrogen-bond acceptors (Lipinski definition) is 7. The van der Waals surface area contributed by atoms with E-state index in [0.29, 0.717) is 17.1 Å². The maximum Gasteiger partial charge on any atom is 0.446 e. The smallest absolute Gasteiger partial charge is 0.446 e. The van der Waals surface area contributed by atoms with Crippen molar-refractivity contribution >= 4 is 21.4 Å². The SMILES string of the molecule is COc1ccc(-c2oc3ccccc3c(=O)c2OS(=O)(=O)O)cc1OC. The van der Waals surface area contributed by atoms with E-state index in [2.05, 4.69) is 4.18 Å². The quantitative estimate of drug-likeness (QED) is 0.674. The van der Waals surface area contributed by atoms with Crippen molar-refractivity contribution in [1.29, 1.82) is 0 Å². The summed E-state index contributed by atoms with van der Waals surface area (Å²) in [4.78, 5) is 12.7. The fraction of sp³-hybridized carbons (Fsp3) is 0.118. The molecule has 0 saturated carbocycles. The summed E-state index contributed by atoms with van der Waals surface area (Å²) in [5.74, 6) is -0.0686. The zero-order chi connectivity index (χ0) is 18.9. The first-order chi connectivity index (χ1) is 12.3. The molecule has 2 aromatic carbocycles. The minimum absolute atomic E-state index is 0.107. The Labute approximate surface area is 148 Å². The zero-order valence-corrected chi connectivity index (χ0v) is 14.6. The predicted octanol–water partition coefficient (Wildman–Crippen LogP) is 2.66. The van der Waals surface area contributed by atoms with Gasteiger partial charge in [-0.15, -0.1) is 0 Å². The van der Waals surface area contributed by atoms with E-state index in [-0.39, 0.29) is 16.7 Å². The highest BCUT2D eigenvalue weighted by atomic mass is 32.3. The second-order valence-electron chi connectivity index (χ2n) is 5.17. The topological polar surface area (TPSA) is 112 Å². The Balaban J connectivity index is 2.34. The minimum atomic E-state index is -4.94. The maximum absolute atomic E-state index is 12.7. The highest BCUT2D eigenvalue weighted by Crippen LogP contribution is 2.36. The molecule has 0 fully saturated rings. The van der Waals surface area contributed by atoms with Gasteiger partial charge in [-0.25, -0.2) is 0 Å². The molecule has 8 nitrogen and oxygen atoms in total. The van der Waals surface area contributed by atoms with Crippen LogP contribution in [0, 0.1) is 0 Å². The predicted molar refractivity (Wildman–Crippen MR) is 93.2 cm³/mol. The number of fused-ring (bicyclic) bond motifs is 1. The third-order valence-corrected chi connectivity index (χ3v) is 3.97. The Kier molecular flexibility index (Phi) is 4.58. The molecule has 0 radical (unpaired) electrons. The summed E-state index contributed by atoms with van der Waals surface area (Å²) >= 11 is 0. The number of ether oxygens (including phenoxy) is 2. The molecule has 0 aliphatic carbocycles. The molecule has 0 bridgehead atoms. The first-order valence-corrected chi connectivity index (χ1v) is 8.65. The lowest BCUT2D eigenvalue weighted by molar-refractivity contribution is 0.355. The molecule has 3 rings (SSSR count). The highest BCUT2D eigenvalue weighted by molar-refractivity contribution is 7.81. The van der Waals surface area contributed by atoms with E-state index < -0.39 is 21.6 Å². The molecular formula is C17H14O8S. The van der Waals surface area contributed by atoms with Crippen LogP contribution in [0.4, 0.5) is 0 Å². The average molecular weight is 378 g/mol. The molecule has 0 aliphatic rings. The van der Waals surface area contributed by atoms with Gasteiger partial charge < -0.3 is 18.1 Å². The van der Waals surface area contributed by atoms with E-state index in [9.17, 15) is 13.2 Å². The summed E-state index contributed by atoms with van der Waals surface area (Å²) in [5, 5.41) is 0.107. The monoisotopic (exact) mass is 378 g/mol. The van der Waals surface area contributed by atoms with E-state index >= 15 is 0 Å². The molecule has 136 valence electrons. The van der Waals surface area contributed by atoms with E-state index in [1.807, 2.05) is 0 Å². The standard InChI is InChI=1S/C17H14O8S/c1-22-13-8-7-10(9-14(13)23-2)16-17(25-26(19,20)21)15(18)11-5-3-4-6-12(11)24-16/h3-9H,1-2H3,(H,19,20,21). The number of para-hydroxylation sites is 1. The highest BCUT2D eigenvalue weighted by Gasteiger charge is 2.23. The molecule has 0 unspecified atom stereocenters. The molecule has 26 heavy (non-hydrogen) atoms. The fourth-order valence-corrected chi connectivity index (χ4v) is 2.84. The van der Waals surface area contributed by atoms with Crippen LogP contribution in [-0.4, -0.2) is 27.2 Å². The third kappa shape index (κ3) is 3.35. The Hall–Kier alpha value is -3.04. The molecule has 0 amide bonds. The molecule has 0 aliphatic heterocycles. The summed E-state index contributed by atoms with van der Waals surface area (Å²) in [6.07, 6.45) is 0. The van der Waals surface area contributed by atoms with Crippen LogP contribution < -0.4 is 19.1 Å². The first-order valence-electron chi connectivity index (χ1n) is 7.29. The van der Waals surface area contributed by atoms with Gasteiger partial charge in [0.2, 0.25) is 11.2 Å². The van der Waals surface area contributed by atoms with E-state index in [4.69, 9.17) is 18.4 Å². The van der Waals surface area contributed by atoms with Crippen molar-refractivity contribution in [3.63, 3.8) is 0 Å². The van der Waals surface area contributed by atoms with Crippen LogP contribution in [0.2, 0.25) is 0 Å². The molecule has 0 atom stereocenters. The number of methoxy groups -OCH3 is 2. The minimum Gasteiger partial charge on any atom is -0.493 e. The van der Waals surface area contributed by atoms with Crippen LogP contribution in [0.25, 0.3) is 22.3 Å². The second kappa shape index (κ2) is 6.70. The van der Waals surface area contributed by atoms with Crippen molar-refractivity contribution in [2.45, 2.75) is 0 Å². The van der Waals surface area contributed by atoms with Crippen LogP contribution in [0.5, 0.6) is 17.2 Å². The summed E-state index contributed by atoms with van der Waals surface area (Å²) in [7, 11) is -2.06. The zero-order valence-electron chi connectivity index (χ0n) is 13.8. The van der Waals surface area contributed by atoms with Gasteiger partial charge in [0.1, 0.15) is 5.58 Å². The average Bonchev–Trinajstić information content (AvgIpc) is 2.62. The van der Waals surface area contributed by atoms with Crippen LogP contribution in [0.1, 0.15) is 0 Å². The number of rotatable bonds is 5. The van der Waals surface area contributed by atoms with Crippen molar-refractivity contribution < 1.29 is 31.0 Å². The van der Waals surface area contributed by atoms with Gasteiger partial charge in [-0.2, -0.15) is 8.42 Å². The van der Waals surface area contributed by atoms with Gasteiger partial charge in [0, 0.05) is 5.56 Å². The van der Waals surface area contributed by atoms with Crippen molar-refractivity contribution in [1.82, 2.24) is 0 Å². The summed E-state index contributed by atoms with van der Waals surface area (Å²) in [6.45, 7) is 0. The molecular weight excluding hydrogens is 364 g/mol. The van der Waals surface area contributed by atoms with Crippen molar-refractivity contribution in [2.75, 3.05) is 14.2 Å². The first kappa shape index (κ1) is 17.8. The van der Waals surface area contributed by atoms with E-state index in [1.165, 1.54) is 32.4 Å². The van der Waals surface area contributed by atoms with Gasteiger partial charge >= 0.3 is 10.4 Å². The summed E-state index contributed by atoms with van der Waals surface area (Å²) < 4.78 is 52.0. The molecule has 3 aromatic rings. The van der Waals surface area contributed by atoms with Gasteiger partial charge in [0.15, 0.2) is 17.3 Å². The normalized spacial score (nSPS) is 11.3. The Bertz CT molecular complexity index is 1130. The van der Waals surface area contributed by atoms with Crippen LogP contribution >= 0.6 is 0 Å². The summed E-state index contributed by atoms with van der Waals surface area (Å²) in [5.41, 5.74) is -0.219. The summed E-state index contributed by atoms with van der Waals surface area (Å²) in [6, 6.07) is 10.8. The number of benzene rings is 2. The third-order valence-electron chi connectivity index (χ3n) is 3.59. The Morgan fingerprint density at radius 3 is 2.35 bits per heavy atom. The van der Waals surface area contributed by atoms with Gasteiger partial charge in [-0.3, -0.25) is 9.35 Å².